The van der Waals surface area contributed by atoms with Crippen molar-refractivity contribution >= 4 is 22.9 Å². The molecule has 0 saturated carbocycles. The number of nitrogens with zero attached hydrogens (tertiary/aromatic N) is 1. The van der Waals surface area contributed by atoms with Crippen LogP contribution in [0.4, 0.5) is 5.69 Å². The Morgan fingerprint density at radius 1 is 1.56 bits per heavy atom. The number of carbonyl (C=O) groups is 1. The summed E-state index contributed by atoms with van der Waals surface area (Å²) in [5.74, 6) is -0.560. The Balaban J connectivity index is 2.06. The summed E-state index contributed by atoms with van der Waals surface area (Å²) in [6, 6.07) is 4.68. The molecule has 0 radical (unpaired) electrons. The first kappa shape index (κ1) is 12.4. The quantitative estimate of drug-likeness (QED) is 0.580. The normalized spacial score (nSPS) is 10.3. The number of hydrogen-bond donors (Lipinski definition) is 3. The van der Waals surface area contributed by atoms with Crippen LogP contribution in [0.3, 0.4) is 0 Å². The molecule has 1 aromatic carbocycles. The van der Waals surface area contributed by atoms with Gasteiger partial charge in [0.1, 0.15) is 0 Å². The highest BCUT2D eigenvalue weighted by Crippen LogP contribution is 2.24. The highest BCUT2D eigenvalue weighted by Gasteiger charge is 2.12. The average molecular weight is 263 g/mol. The molecule has 0 aliphatic rings. The van der Waals surface area contributed by atoms with E-state index in [1.165, 1.54) is 23.5 Å². The molecule has 0 aliphatic heterocycles. The molecule has 0 spiro atoms. The van der Waals surface area contributed by atoms with Crippen molar-refractivity contribution in [1.82, 2.24) is 10.3 Å². The minimum atomic E-state index is -0.370. The highest BCUT2D eigenvalue weighted by atomic mass is 32.1. The summed E-state index contributed by atoms with van der Waals surface area (Å²) in [6.45, 7) is 2.23. The van der Waals surface area contributed by atoms with Crippen LogP contribution in [-0.2, 0) is 6.54 Å². The number of benzene rings is 1. The number of phenols is 1. The topological polar surface area (TPSA) is 88.2 Å². The number of nitrogens with one attached hydrogen (secondary N) is 1. The van der Waals surface area contributed by atoms with Gasteiger partial charge in [-0.3, -0.25) is 4.79 Å². The third-order valence-electron chi connectivity index (χ3n) is 2.41. The number of carbonyl (C=O) groups excluding carboxylic acids is 1. The molecule has 0 unspecified atom stereocenters. The summed E-state index contributed by atoms with van der Waals surface area (Å²) in [5.41, 5.74) is 6.68. The van der Waals surface area contributed by atoms with Gasteiger partial charge in [-0.15, -0.1) is 11.3 Å². The van der Waals surface area contributed by atoms with Gasteiger partial charge in [0, 0.05) is 5.38 Å². The zero-order valence-electron chi connectivity index (χ0n) is 9.80. The Morgan fingerprint density at radius 2 is 2.33 bits per heavy atom. The summed E-state index contributed by atoms with van der Waals surface area (Å²) >= 11 is 1.53. The third-order valence-corrected chi connectivity index (χ3v) is 3.23. The zero-order valence-corrected chi connectivity index (χ0v) is 10.6. The number of hydrogen-bond acceptors (Lipinski definition) is 5. The molecule has 94 valence electrons. The predicted molar refractivity (Wildman–Crippen MR) is 70.5 cm³/mol. The van der Waals surface area contributed by atoms with Crippen molar-refractivity contribution in [3.63, 3.8) is 0 Å². The first-order valence-corrected chi connectivity index (χ1v) is 6.22. The number of amides is 1. The van der Waals surface area contributed by atoms with Crippen LogP contribution in [-0.4, -0.2) is 16.0 Å². The van der Waals surface area contributed by atoms with Crippen molar-refractivity contribution < 1.29 is 9.90 Å². The van der Waals surface area contributed by atoms with Crippen LogP contribution >= 0.6 is 11.3 Å². The molecule has 2 rings (SSSR count). The molecule has 0 aliphatic carbocycles. The van der Waals surface area contributed by atoms with Gasteiger partial charge in [0.2, 0.25) is 0 Å². The molecule has 0 fully saturated rings. The van der Waals surface area contributed by atoms with E-state index in [-0.39, 0.29) is 22.9 Å². The summed E-state index contributed by atoms with van der Waals surface area (Å²) in [7, 11) is 0. The lowest BCUT2D eigenvalue weighted by Gasteiger charge is -2.07. The molecule has 0 saturated heterocycles. The minimum absolute atomic E-state index is 0.168. The maximum Gasteiger partial charge on any atom is 0.255 e. The number of phenolic OH excluding ortho intramolecular Hbond substituents is 1. The van der Waals surface area contributed by atoms with Crippen LogP contribution < -0.4 is 11.1 Å². The van der Waals surface area contributed by atoms with Crippen molar-refractivity contribution in [3.8, 4) is 5.75 Å². The second-order valence-corrected chi connectivity index (χ2v) is 4.85. The number of aromatic hydroxyl groups is 1. The Hall–Kier alpha value is -2.08. The van der Waals surface area contributed by atoms with Gasteiger partial charge in [0.05, 0.1) is 28.5 Å². The van der Waals surface area contributed by atoms with Crippen molar-refractivity contribution in [2.45, 2.75) is 13.5 Å². The van der Waals surface area contributed by atoms with E-state index in [0.29, 0.717) is 6.54 Å². The van der Waals surface area contributed by atoms with E-state index in [0.717, 1.165) is 10.7 Å². The summed E-state index contributed by atoms with van der Waals surface area (Å²) in [5, 5.41) is 15.2. The highest BCUT2D eigenvalue weighted by molar-refractivity contribution is 7.09. The first-order chi connectivity index (χ1) is 8.58. The third kappa shape index (κ3) is 2.60. The molecule has 6 heteroatoms. The van der Waals surface area contributed by atoms with Gasteiger partial charge >= 0.3 is 0 Å². The minimum Gasteiger partial charge on any atom is -0.505 e. The van der Waals surface area contributed by atoms with Gasteiger partial charge in [0.25, 0.3) is 5.91 Å². The molecule has 0 bridgehead atoms. The van der Waals surface area contributed by atoms with Crippen molar-refractivity contribution in [3.05, 3.63) is 39.8 Å². The first-order valence-electron chi connectivity index (χ1n) is 5.34. The lowest BCUT2D eigenvalue weighted by atomic mass is 10.1. The largest absolute Gasteiger partial charge is 0.505 e. The van der Waals surface area contributed by atoms with E-state index in [2.05, 4.69) is 10.3 Å². The standard InChI is InChI=1S/C12H13N3O2S/c1-7-15-8(6-18-7)5-14-12(17)9-3-2-4-10(13)11(9)16/h2-4,6,16H,5,13H2,1H3,(H,14,17). The van der Waals surface area contributed by atoms with Gasteiger partial charge in [0.15, 0.2) is 5.75 Å². The van der Waals surface area contributed by atoms with E-state index in [1.807, 2.05) is 12.3 Å². The number of aryl methyl sites for hydroxylation is 1. The molecular weight excluding hydrogens is 250 g/mol. The lowest BCUT2D eigenvalue weighted by molar-refractivity contribution is 0.0948. The number of anilines is 1. The van der Waals surface area contributed by atoms with E-state index >= 15 is 0 Å². The molecule has 5 nitrogen and oxygen atoms in total. The Morgan fingerprint density at radius 3 is 3.00 bits per heavy atom. The molecule has 1 aromatic heterocycles. The molecule has 1 heterocycles. The summed E-state index contributed by atoms with van der Waals surface area (Å²) < 4.78 is 0. The fourth-order valence-corrected chi connectivity index (χ4v) is 2.11. The van der Waals surface area contributed by atoms with Gasteiger partial charge in [-0.25, -0.2) is 4.98 Å². The van der Waals surface area contributed by atoms with Gasteiger partial charge < -0.3 is 16.2 Å². The maximum absolute atomic E-state index is 11.8. The van der Waals surface area contributed by atoms with Gasteiger partial charge in [-0.2, -0.15) is 0 Å². The fourth-order valence-electron chi connectivity index (χ4n) is 1.50. The average Bonchev–Trinajstić information content (AvgIpc) is 2.76. The SMILES string of the molecule is Cc1nc(CNC(=O)c2cccc(N)c2O)cs1. The smallest absolute Gasteiger partial charge is 0.255 e. The van der Waals surface area contributed by atoms with Crippen LogP contribution in [0, 0.1) is 6.92 Å². The summed E-state index contributed by atoms with van der Waals surface area (Å²) in [4.78, 5) is 16.1. The van der Waals surface area contributed by atoms with Crippen LogP contribution in [0.15, 0.2) is 23.6 Å². The van der Waals surface area contributed by atoms with Crippen molar-refractivity contribution in [2.75, 3.05) is 5.73 Å². The Bertz CT molecular complexity index is 580. The maximum atomic E-state index is 11.8. The molecule has 4 N–H and O–H groups in total. The number of rotatable bonds is 3. The van der Waals surface area contributed by atoms with E-state index < -0.39 is 0 Å². The monoisotopic (exact) mass is 263 g/mol. The predicted octanol–water partition coefficient (Wildman–Crippen LogP) is 1.67. The van der Waals surface area contributed by atoms with E-state index in [9.17, 15) is 9.90 Å². The molecule has 0 atom stereocenters. The van der Waals surface area contributed by atoms with E-state index in [4.69, 9.17) is 5.73 Å². The second-order valence-electron chi connectivity index (χ2n) is 3.78. The van der Waals surface area contributed by atoms with Crippen LogP contribution in [0.5, 0.6) is 5.75 Å². The van der Waals surface area contributed by atoms with E-state index in [1.54, 1.807) is 6.07 Å². The molecular formula is C12H13N3O2S. The molecule has 18 heavy (non-hydrogen) atoms. The van der Waals surface area contributed by atoms with Crippen molar-refractivity contribution in [2.24, 2.45) is 0 Å². The lowest BCUT2D eigenvalue weighted by Crippen LogP contribution is -2.23. The number of nitrogens with two attached hydrogens (primary N) is 1. The fraction of sp³-hybridized carbons (Fsp3) is 0.167. The number of thiazole rings is 1. The summed E-state index contributed by atoms with van der Waals surface area (Å²) in [6.07, 6.45) is 0. The van der Waals surface area contributed by atoms with Gasteiger partial charge in [-0.05, 0) is 19.1 Å². The van der Waals surface area contributed by atoms with Crippen LogP contribution in [0.25, 0.3) is 0 Å². The number of nitrogen functional groups attached to an aromatic ring is 1. The number of aromatic nitrogens is 1. The second kappa shape index (κ2) is 5.05. The number of para-hydroxylation sites is 1. The van der Waals surface area contributed by atoms with Crippen molar-refractivity contribution in [1.29, 1.82) is 0 Å². The zero-order chi connectivity index (χ0) is 13.1. The Labute approximate surface area is 108 Å². The molecule has 1 amide bonds. The molecule has 2 aromatic rings. The Kier molecular flexibility index (Phi) is 3.47. The van der Waals surface area contributed by atoms with Crippen LogP contribution in [0.1, 0.15) is 21.1 Å². The van der Waals surface area contributed by atoms with Crippen LogP contribution in [0.2, 0.25) is 0 Å². The van der Waals surface area contributed by atoms with Gasteiger partial charge in [-0.1, -0.05) is 6.07 Å².